The summed E-state index contributed by atoms with van der Waals surface area (Å²) in [5, 5.41) is 3.04. The second-order valence-electron chi connectivity index (χ2n) is 7.68. The number of anilines is 1. The van der Waals surface area contributed by atoms with Crippen molar-refractivity contribution in [2.45, 2.75) is 32.2 Å². The monoisotopic (exact) mass is 380 g/mol. The number of nitrogens with zero attached hydrogens (tertiary/aromatic N) is 1. The first-order valence-corrected chi connectivity index (χ1v) is 10.1. The second-order valence-corrected chi connectivity index (χ2v) is 7.68. The Hall–Kier alpha value is -2.53. The molecule has 5 heteroatoms. The summed E-state index contributed by atoms with van der Waals surface area (Å²) in [5.41, 5.74) is 3.15. The molecule has 2 aliphatic rings. The van der Waals surface area contributed by atoms with Crippen LogP contribution in [-0.4, -0.2) is 37.6 Å². The third-order valence-electron chi connectivity index (χ3n) is 5.62. The van der Waals surface area contributed by atoms with Crippen LogP contribution in [0.15, 0.2) is 42.5 Å². The van der Waals surface area contributed by atoms with Crippen molar-refractivity contribution < 1.29 is 14.3 Å². The number of ether oxygens (including phenoxy) is 2. The van der Waals surface area contributed by atoms with Crippen molar-refractivity contribution in [3.8, 4) is 11.5 Å². The molecule has 0 radical (unpaired) electrons. The van der Waals surface area contributed by atoms with Gasteiger partial charge in [-0.05, 0) is 61.7 Å². The molecule has 0 saturated carbocycles. The molecule has 1 N–H and O–H groups in total. The number of fused-ring (bicyclic) bond motifs is 1. The van der Waals surface area contributed by atoms with E-state index in [2.05, 4.69) is 22.3 Å². The molecule has 2 aromatic carbocycles. The summed E-state index contributed by atoms with van der Waals surface area (Å²) >= 11 is 0. The third kappa shape index (κ3) is 4.30. The number of rotatable bonds is 5. The number of nitrogens with one attached hydrogen (secondary N) is 1. The van der Waals surface area contributed by atoms with E-state index in [0.717, 1.165) is 29.3 Å². The van der Waals surface area contributed by atoms with Crippen LogP contribution in [0.25, 0.3) is 0 Å². The molecule has 148 valence electrons. The molecule has 28 heavy (non-hydrogen) atoms. The molecule has 1 unspecified atom stereocenters. The van der Waals surface area contributed by atoms with Crippen molar-refractivity contribution in [2.75, 3.05) is 32.1 Å². The van der Waals surface area contributed by atoms with Gasteiger partial charge in [-0.1, -0.05) is 30.7 Å². The van der Waals surface area contributed by atoms with Gasteiger partial charge in [-0.3, -0.25) is 9.69 Å². The maximum Gasteiger partial charge on any atom is 0.231 e. The van der Waals surface area contributed by atoms with Crippen molar-refractivity contribution in [3.05, 3.63) is 53.6 Å². The fourth-order valence-electron chi connectivity index (χ4n) is 4.04. The molecule has 4 rings (SSSR count). The maximum atomic E-state index is 12.7. The quantitative estimate of drug-likeness (QED) is 0.856. The minimum atomic E-state index is -0.201. The van der Waals surface area contributed by atoms with Gasteiger partial charge in [0.2, 0.25) is 5.91 Å². The summed E-state index contributed by atoms with van der Waals surface area (Å²) in [5.74, 6) is 1.28. The summed E-state index contributed by atoms with van der Waals surface area (Å²) in [6.45, 7) is 3.73. The van der Waals surface area contributed by atoms with Gasteiger partial charge in [-0.25, -0.2) is 0 Å². The van der Waals surface area contributed by atoms with Gasteiger partial charge in [0, 0.05) is 12.2 Å². The van der Waals surface area contributed by atoms with Gasteiger partial charge in [-0.15, -0.1) is 0 Å². The number of benzene rings is 2. The SMILES string of the molecule is COc1cccc2c1OCC(C(=O)Nc1ccc(CN3CCCCC3)cc1)C2. The lowest BCUT2D eigenvalue weighted by molar-refractivity contribution is -0.121. The van der Waals surface area contributed by atoms with E-state index >= 15 is 0 Å². The van der Waals surface area contributed by atoms with Crippen LogP contribution in [0, 0.1) is 5.92 Å². The first kappa shape index (κ1) is 18.8. The molecule has 0 aromatic heterocycles. The summed E-state index contributed by atoms with van der Waals surface area (Å²) in [7, 11) is 1.63. The molecule has 2 aromatic rings. The predicted octanol–water partition coefficient (Wildman–Crippen LogP) is 3.87. The van der Waals surface area contributed by atoms with E-state index in [1.807, 2.05) is 30.3 Å². The lowest BCUT2D eigenvalue weighted by atomic mass is 9.95. The Morgan fingerprint density at radius 1 is 1.14 bits per heavy atom. The molecule has 1 atom stereocenters. The second kappa shape index (κ2) is 8.65. The molecular weight excluding hydrogens is 352 g/mol. The van der Waals surface area contributed by atoms with Crippen LogP contribution in [0.4, 0.5) is 5.69 Å². The van der Waals surface area contributed by atoms with E-state index in [9.17, 15) is 4.79 Å². The van der Waals surface area contributed by atoms with Crippen LogP contribution in [0.5, 0.6) is 11.5 Å². The summed E-state index contributed by atoms with van der Waals surface area (Å²) in [6, 6.07) is 14.0. The van der Waals surface area contributed by atoms with Crippen molar-refractivity contribution >= 4 is 11.6 Å². The van der Waals surface area contributed by atoms with Gasteiger partial charge in [0.05, 0.1) is 13.0 Å². The minimum absolute atomic E-state index is 0.00255. The number of hydrogen-bond donors (Lipinski definition) is 1. The molecule has 0 aliphatic carbocycles. The largest absolute Gasteiger partial charge is 0.493 e. The number of para-hydroxylation sites is 1. The lowest BCUT2D eigenvalue weighted by Crippen LogP contribution is -2.32. The number of carbonyl (C=O) groups is 1. The predicted molar refractivity (Wildman–Crippen MR) is 110 cm³/mol. The van der Waals surface area contributed by atoms with Crippen LogP contribution >= 0.6 is 0 Å². The zero-order chi connectivity index (χ0) is 19.3. The zero-order valence-corrected chi connectivity index (χ0v) is 16.4. The smallest absolute Gasteiger partial charge is 0.231 e. The van der Waals surface area contributed by atoms with Gasteiger partial charge < -0.3 is 14.8 Å². The first-order valence-electron chi connectivity index (χ1n) is 10.1. The molecule has 1 fully saturated rings. The Balaban J connectivity index is 1.34. The van der Waals surface area contributed by atoms with Crippen LogP contribution in [0.2, 0.25) is 0 Å². The minimum Gasteiger partial charge on any atom is -0.493 e. The fourth-order valence-corrected chi connectivity index (χ4v) is 4.04. The van der Waals surface area contributed by atoms with E-state index < -0.39 is 0 Å². The standard InChI is InChI=1S/C23H28N2O3/c1-27-21-7-5-6-18-14-19(16-28-22(18)21)23(26)24-20-10-8-17(9-11-20)15-25-12-3-2-4-13-25/h5-11,19H,2-4,12-16H2,1H3,(H,24,26). The van der Waals surface area contributed by atoms with E-state index in [1.54, 1.807) is 7.11 Å². The first-order chi connectivity index (χ1) is 13.7. The Bertz CT molecular complexity index is 813. The number of carbonyl (C=O) groups excluding carboxylic acids is 1. The maximum absolute atomic E-state index is 12.7. The van der Waals surface area contributed by atoms with E-state index in [1.165, 1.54) is 37.9 Å². The topological polar surface area (TPSA) is 50.8 Å². The summed E-state index contributed by atoms with van der Waals surface area (Å²) in [6.07, 6.45) is 4.61. The lowest BCUT2D eigenvalue weighted by Gasteiger charge is -2.26. The number of piperidine rings is 1. The molecule has 2 aliphatic heterocycles. The normalized spacial score (nSPS) is 19.4. The molecule has 5 nitrogen and oxygen atoms in total. The number of likely N-dealkylation sites (tertiary alicyclic amines) is 1. The average molecular weight is 380 g/mol. The zero-order valence-electron chi connectivity index (χ0n) is 16.4. The highest BCUT2D eigenvalue weighted by molar-refractivity contribution is 5.93. The van der Waals surface area contributed by atoms with Crippen molar-refractivity contribution in [1.29, 1.82) is 0 Å². The van der Waals surface area contributed by atoms with Crippen LogP contribution in [0.1, 0.15) is 30.4 Å². The van der Waals surface area contributed by atoms with Crippen LogP contribution < -0.4 is 14.8 Å². The molecule has 0 spiro atoms. The van der Waals surface area contributed by atoms with Gasteiger partial charge in [0.25, 0.3) is 0 Å². The van der Waals surface area contributed by atoms with Crippen LogP contribution in [0.3, 0.4) is 0 Å². The molecule has 0 bridgehead atoms. The average Bonchev–Trinajstić information content (AvgIpc) is 2.75. The Kier molecular flexibility index (Phi) is 5.81. The van der Waals surface area contributed by atoms with Crippen molar-refractivity contribution in [3.63, 3.8) is 0 Å². The van der Waals surface area contributed by atoms with Crippen molar-refractivity contribution in [2.24, 2.45) is 5.92 Å². The Morgan fingerprint density at radius 2 is 1.93 bits per heavy atom. The van der Waals surface area contributed by atoms with Gasteiger partial charge in [0.1, 0.15) is 6.61 Å². The number of amides is 1. The van der Waals surface area contributed by atoms with E-state index in [-0.39, 0.29) is 11.8 Å². The summed E-state index contributed by atoms with van der Waals surface area (Å²) < 4.78 is 11.2. The highest BCUT2D eigenvalue weighted by Gasteiger charge is 2.27. The van der Waals surface area contributed by atoms with E-state index in [0.29, 0.717) is 13.0 Å². The Labute approximate surface area is 166 Å². The molecule has 1 amide bonds. The molecular formula is C23H28N2O3. The van der Waals surface area contributed by atoms with Gasteiger partial charge in [0.15, 0.2) is 11.5 Å². The van der Waals surface area contributed by atoms with Crippen LogP contribution in [-0.2, 0) is 17.8 Å². The molecule has 1 saturated heterocycles. The number of hydrogen-bond acceptors (Lipinski definition) is 4. The highest BCUT2D eigenvalue weighted by Crippen LogP contribution is 2.36. The van der Waals surface area contributed by atoms with E-state index in [4.69, 9.17) is 9.47 Å². The molecule has 2 heterocycles. The summed E-state index contributed by atoms with van der Waals surface area (Å²) in [4.78, 5) is 15.2. The van der Waals surface area contributed by atoms with Crippen molar-refractivity contribution in [1.82, 2.24) is 4.90 Å². The van der Waals surface area contributed by atoms with Gasteiger partial charge in [-0.2, -0.15) is 0 Å². The third-order valence-corrected chi connectivity index (χ3v) is 5.62. The van der Waals surface area contributed by atoms with Gasteiger partial charge >= 0.3 is 0 Å². The highest BCUT2D eigenvalue weighted by atomic mass is 16.5. The fraction of sp³-hybridized carbons (Fsp3) is 0.435. The Morgan fingerprint density at radius 3 is 2.68 bits per heavy atom. The number of methoxy groups -OCH3 is 1.